The van der Waals surface area contributed by atoms with Gasteiger partial charge in [0.25, 0.3) is 0 Å². The maximum absolute atomic E-state index is 12.0. The summed E-state index contributed by atoms with van der Waals surface area (Å²) in [5.74, 6) is -2.04. The number of carbonyl (C=O) groups is 1. The largest absolute Gasteiger partial charge is 0.504 e. The quantitative estimate of drug-likeness (QED) is 0.455. The van der Waals surface area contributed by atoms with Crippen molar-refractivity contribution in [3.8, 4) is 17.2 Å². The van der Waals surface area contributed by atoms with Crippen LogP contribution in [-0.2, 0) is 4.74 Å². The molecule has 0 spiro atoms. The summed E-state index contributed by atoms with van der Waals surface area (Å²) in [7, 11) is 1.18. The second-order valence-electron chi connectivity index (χ2n) is 5.30. The van der Waals surface area contributed by atoms with Crippen LogP contribution < -0.4 is 10.4 Å². The van der Waals surface area contributed by atoms with Crippen LogP contribution in [-0.4, -0.2) is 29.9 Å². The van der Waals surface area contributed by atoms with E-state index in [1.54, 1.807) is 0 Å². The molecule has 130 valence electrons. The van der Waals surface area contributed by atoms with Crippen LogP contribution >= 0.6 is 0 Å². The molecule has 0 aliphatic heterocycles. The van der Waals surface area contributed by atoms with Gasteiger partial charge in [-0.25, -0.2) is 9.59 Å². The van der Waals surface area contributed by atoms with Gasteiger partial charge in [0.15, 0.2) is 17.1 Å². The number of methoxy groups -OCH3 is 1. The molecule has 0 aliphatic rings. The molecule has 0 bridgehead atoms. The molecule has 1 heterocycles. The van der Waals surface area contributed by atoms with Crippen LogP contribution in [0.4, 0.5) is 0 Å². The molecule has 0 aliphatic carbocycles. The van der Waals surface area contributed by atoms with E-state index in [1.807, 2.05) is 0 Å². The van der Waals surface area contributed by atoms with Crippen molar-refractivity contribution < 1.29 is 28.9 Å². The number of hydrogen-bond donors (Lipinski definition) is 2. The topological polar surface area (TPSA) is 106 Å². The van der Waals surface area contributed by atoms with E-state index in [0.717, 1.165) is 19.3 Å². The highest BCUT2D eigenvalue weighted by molar-refractivity contribution is 6.07. The minimum atomic E-state index is -0.923. The van der Waals surface area contributed by atoms with Gasteiger partial charge in [-0.05, 0) is 18.6 Å². The minimum Gasteiger partial charge on any atom is -0.504 e. The van der Waals surface area contributed by atoms with Crippen LogP contribution in [0, 0.1) is 0 Å². The number of phenols is 1. The van der Waals surface area contributed by atoms with Crippen LogP contribution in [0.3, 0.4) is 0 Å². The Hall–Kier alpha value is -2.70. The summed E-state index contributed by atoms with van der Waals surface area (Å²) in [6.45, 7) is 2.31. The van der Waals surface area contributed by atoms with Crippen LogP contribution in [0.1, 0.15) is 43.0 Å². The summed E-state index contributed by atoms with van der Waals surface area (Å²) in [4.78, 5) is 23.8. The first kappa shape index (κ1) is 17.7. The second-order valence-corrected chi connectivity index (χ2v) is 5.30. The number of fused-ring (bicyclic) bond motifs is 1. The van der Waals surface area contributed by atoms with Gasteiger partial charge in [-0.3, -0.25) is 0 Å². The van der Waals surface area contributed by atoms with E-state index in [0.29, 0.717) is 6.42 Å². The van der Waals surface area contributed by atoms with Crippen molar-refractivity contribution in [3.05, 3.63) is 28.1 Å². The molecule has 7 nitrogen and oxygen atoms in total. The number of hydrogen-bond acceptors (Lipinski definition) is 7. The fourth-order valence-corrected chi connectivity index (χ4v) is 2.37. The average molecular weight is 336 g/mol. The molecule has 0 saturated heterocycles. The Bertz CT molecular complexity index is 792. The molecule has 2 N–H and O–H groups in total. The summed E-state index contributed by atoms with van der Waals surface area (Å²) in [5, 5.41) is 20.1. The lowest BCUT2D eigenvalue weighted by Crippen LogP contribution is -2.10. The molecule has 2 aromatic rings. The molecule has 2 rings (SSSR count). The Balaban J connectivity index is 2.46. The summed E-state index contributed by atoms with van der Waals surface area (Å²) >= 11 is 0. The third-order valence-electron chi connectivity index (χ3n) is 3.62. The molecule has 0 atom stereocenters. The molecular weight excluding hydrogens is 316 g/mol. The summed E-state index contributed by atoms with van der Waals surface area (Å²) < 4.78 is 15.0. The smallest absolute Gasteiger partial charge is 0.383 e. The molecule has 0 unspecified atom stereocenters. The van der Waals surface area contributed by atoms with Gasteiger partial charge in [0.05, 0.1) is 24.7 Å². The molecule has 24 heavy (non-hydrogen) atoms. The Morgan fingerprint density at radius 2 is 1.96 bits per heavy atom. The third-order valence-corrected chi connectivity index (χ3v) is 3.62. The van der Waals surface area contributed by atoms with Gasteiger partial charge in [0, 0.05) is 0 Å². The van der Waals surface area contributed by atoms with E-state index in [9.17, 15) is 19.8 Å². The van der Waals surface area contributed by atoms with Crippen LogP contribution in [0.5, 0.6) is 17.2 Å². The first-order valence-corrected chi connectivity index (χ1v) is 7.74. The van der Waals surface area contributed by atoms with Crippen LogP contribution in [0.15, 0.2) is 21.3 Å². The summed E-state index contributed by atoms with van der Waals surface area (Å²) in [6.07, 6.45) is 3.76. The second kappa shape index (κ2) is 7.72. The van der Waals surface area contributed by atoms with E-state index < -0.39 is 17.3 Å². The van der Waals surface area contributed by atoms with E-state index in [-0.39, 0.29) is 34.6 Å². The summed E-state index contributed by atoms with van der Waals surface area (Å²) in [5.41, 5.74) is -1.26. The molecule has 0 saturated carbocycles. The van der Waals surface area contributed by atoms with Crippen LogP contribution in [0.25, 0.3) is 11.0 Å². The van der Waals surface area contributed by atoms with Crippen molar-refractivity contribution in [2.75, 3.05) is 13.7 Å². The lowest BCUT2D eigenvalue weighted by molar-refractivity contribution is 0.0602. The number of carbonyl (C=O) groups excluding carboxylic acids is 1. The van der Waals surface area contributed by atoms with E-state index >= 15 is 0 Å². The fraction of sp³-hybridized carbons (Fsp3) is 0.412. The number of rotatable bonds is 7. The van der Waals surface area contributed by atoms with Crippen molar-refractivity contribution in [2.24, 2.45) is 0 Å². The number of esters is 1. The van der Waals surface area contributed by atoms with Gasteiger partial charge >= 0.3 is 11.6 Å². The fourth-order valence-electron chi connectivity index (χ4n) is 2.37. The highest BCUT2D eigenvalue weighted by Gasteiger charge is 2.23. The molecule has 1 aromatic heterocycles. The molecular formula is C17H20O7. The number of aromatic hydroxyl groups is 2. The predicted molar refractivity (Wildman–Crippen MR) is 86.8 cm³/mol. The van der Waals surface area contributed by atoms with Crippen LogP contribution in [0.2, 0.25) is 0 Å². The lowest BCUT2D eigenvalue weighted by atomic mass is 10.1. The Labute approximate surface area is 138 Å². The van der Waals surface area contributed by atoms with Gasteiger partial charge in [0.1, 0.15) is 0 Å². The summed E-state index contributed by atoms with van der Waals surface area (Å²) in [6, 6.07) is 2.45. The highest BCUT2D eigenvalue weighted by atomic mass is 16.5. The first-order chi connectivity index (χ1) is 11.5. The Kier molecular flexibility index (Phi) is 5.68. The van der Waals surface area contributed by atoms with Gasteiger partial charge in [-0.1, -0.05) is 26.2 Å². The molecule has 0 radical (unpaired) electrons. The van der Waals surface area contributed by atoms with Crippen molar-refractivity contribution >= 4 is 16.9 Å². The number of unbranched alkanes of at least 4 members (excludes halogenated alkanes) is 3. The van der Waals surface area contributed by atoms with E-state index in [1.165, 1.54) is 19.2 Å². The van der Waals surface area contributed by atoms with Gasteiger partial charge < -0.3 is 24.1 Å². The number of benzene rings is 1. The monoisotopic (exact) mass is 336 g/mol. The number of phenolic OH excluding ortho intramolecular Hbond substituents is 1. The average Bonchev–Trinajstić information content (AvgIpc) is 2.57. The lowest BCUT2D eigenvalue weighted by Gasteiger charge is -2.11. The van der Waals surface area contributed by atoms with Gasteiger partial charge in [-0.2, -0.15) is 0 Å². The normalized spacial score (nSPS) is 10.8. The van der Waals surface area contributed by atoms with Crippen molar-refractivity contribution in [1.82, 2.24) is 0 Å². The molecule has 0 amide bonds. The Morgan fingerprint density at radius 3 is 2.62 bits per heavy atom. The van der Waals surface area contributed by atoms with E-state index in [2.05, 4.69) is 11.7 Å². The molecule has 0 fully saturated rings. The highest BCUT2D eigenvalue weighted by Crippen LogP contribution is 2.38. The van der Waals surface area contributed by atoms with Crippen molar-refractivity contribution in [1.29, 1.82) is 0 Å². The minimum absolute atomic E-state index is 0.0395. The van der Waals surface area contributed by atoms with Gasteiger partial charge in [0.2, 0.25) is 5.75 Å². The maximum Gasteiger partial charge on any atom is 0.383 e. The predicted octanol–water partition coefficient (Wildman–Crippen LogP) is 2.95. The zero-order valence-corrected chi connectivity index (χ0v) is 13.6. The standard InChI is InChI=1S/C17H20O7/c1-3-4-5-6-9-23-15-13(19)12-10(16(20)22-2)7-8-11(18)14(12)24-17(15)21/h7-8,18-19H,3-6,9H2,1-2H3. The third kappa shape index (κ3) is 3.45. The van der Waals surface area contributed by atoms with Crippen molar-refractivity contribution in [3.63, 3.8) is 0 Å². The molecule has 7 heteroatoms. The SMILES string of the molecule is CCCCCCOc1c(O)c2c(C(=O)OC)ccc(O)c2oc1=O. The van der Waals surface area contributed by atoms with E-state index in [4.69, 9.17) is 9.15 Å². The number of ether oxygens (including phenoxy) is 2. The zero-order valence-electron chi connectivity index (χ0n) is 13.6. The van der Waals surface area contributed by atoms with Crippen molar-refractivity contribution in [2.45, 2.75) is 32.6 Å². The zero-order chi connectivity index (χ0) is 17.7. The molecule has 1 aromatic carbocycles. The first-order valence-electron chi connectivity index (χ1n) is 7.74. The maximum atomic E-state index is 12.0. The van der Waals surface area contributed by atoms with Gasteiger partial charge in [-0.15, -0.1) is 0 Å². The Morgan fingerprint density at radius 1 is 1.21 bits per heavy atom.